The Hall–Kier alpha value is -2.63. The number of carbonyl (C=O) groups excluding carboxylic acids is 2. The molecule has 0 bridgehead atoms. The van der Waals surface area contributed by atoms with Gasteiger partial charge in [-0.2, -0.15) is 0 Å². The maximum atomic E-state index is 12.1. The van der Waals surface area contributed by atoms with Crippen LogP contribution in [0.5, 0.6) is 0 Å². The van der Waals surface area contributed by atoms with Gasteiger partial charge in [0.1, 0.15) is 11.3 Å². The number of fused-ring (bicyclic) bond motifs is 1. The minimum Gasteiger partial charge on any atom is -0.467 e. The number of rotatable bonds is 3. The molecule has 0 fully saturated rings. The third-order valence-electron chi connectivity index (χ3n) is 3.76. The van der Waals surface area contributed by atoms with Crippen molar-refractivity contribution in [3.05, 3.63) is 57.4 Å². The highest BCUT2D eigenvalue weighted by molar-refractivity contribution is 6.01. The normalized spacial score (nSPS) is 17.1. The van der Waals surface area contributed by atoms with Crippen molar-refractivity contribution in [3.63, 3.8) is 0 Å². The van der Waals surface area contributed by atoms with Crippen LogP contribution in [0.3, 0.4) is 0 Å². The molecular formula is C16H16N2O4. The zero-order valence-electron chi connectivity index (χ0n) is 12.1. The van der Waals surface area contributed by atoms with Crippen LogP contribution in [-0.4, -0.2) is 16.7 Å². The SMILES string of the molecule is C[C@@H]1CC(=O)c2cc(C(=O)NCc3ccco3)c(=O)[nH]c2C1. The van der Waals surface area contributed by atoms with E-state index < -0.39 is 11.5 Å². The number of pyridine rings is 1. The summed E-state index contributed by atoms with van der Waals surface area (Å²) >= 11 is 0. The Balaban J connectivity index is 1.85. The molecule has 1 aliphatic carbocycles. The topological polar surface area (TPSA) is 92.2 Å². The van der Waals surface area contributed by atoms with Crippen LogP contribution in [0.25, 0.3) is 0 Å². The molecule has 2 heterocycles. The number of ketones is 1. The van der Waals surface area contributed by atoms with Crippen molar-refractivity contribution < 1.29 is 14.0 Å². The quantitative estimate of drug-likeness (QED) is 0.901. The predicted octanol–water partition coefficient (Wildman–Crippen LogP) is 1.66. The van der Waals surface area contributed by atoms with E-state index >= 15 is 0 Å². The predicted molar refractivity (Wildman–Crippen MR) is 78.8 cm³/mol. The molecule has 114 valence electrons. The van der Waals surface area contributed by atoms with Crippen LogP contribution in [0, 0.1) is 5.92 Å². The van der Waals surface area contributed by atoms with Gasteiger partial charge >= 0.3 is 0 Å². The summed E-state index contributed by atoms with van der Waals surface area (Å²) in [6.07, 6.45) is 2.59. The zero-order chi connectivity index (χ0) is 15.7. The van der Waals surface area contributed by atoms with Crippen LogP contribution in [0.15, 0.2) is 33.7 Å². The average molecular weight is 300 g/mol. The monoisotopic (exact) mass is 300 g/mol. The van der Waals surface area contributed by atoms with Crippen molar-refractivity contribution >= 4 is 11.7 Å². The van der Waals surface area contributed by atoms with Crippen LogP contribution in [0.1, 0.15) is 45.5 Å². The first-order chi connectivity index (χ1) is 10.5. The second-order valence-electron chi connectivity index (χ2n) is 5.60. The Kier molecular flexibility index (Phi) is 3.66. The molecule has 0 saturated heterocycles. The fraction of sp³-hybridized carbons (Fsp3) is 0.312. The van der Waals surface area contributed by atoms with Crippen molar-refractivity contribution in [1.29, 1.82) is 0 Å². The van der Waals surface area contributed by atoms with E-state index in [1.54, 1.807) is 12.1 Å². The average Bonchev–Trinajstić information content (AvgIpc) is 2.97. The zero-order valence-corrected chi connectivity index (χ0v) is 12.1. The standard InChI is InChI=1S/C16H16N2O4/c1-9-5-13-11(14(19)6-9)7-12(16(21)18-13)15(20)17-8-10-3-2-4-22-10/h2-4,7,9H,5-6,8H2,1H3,(H,17,20)(H,18,21)/t9-/m0/s1. The molecule has 0 aromatic carbocycles. The number of Topliss-reactive ketones (excluding diaryl/α,β-unsaturated/α-hetero) is 1. The lowest BCUT2D eigenvalue weighted by Gasteiger charge is -2.20. The summed E-state index contributed by atoms with van der Waals surface area (Å²) in [6.45, 7) is 2.15. The van der Waals surface area contributed by atoms with E-state index in [-0.39, 0.29) is 23.8 Å². The summed E-state index contributed by atoms with van der Waals surface area (Å²) in [4.78, 5) is 38.9. The Morgan fingerprint density at radius 2 is 2.23 bits per heavy atom. The number of furan rings is 1. The molecule has 1 atom stereocenters. The number of aromatic amines is 1. The Morgan fingerprint density at radius 1 is 1.41 bits per heavy atom. The molecule has 2 N–H and O–H groups in total. The summed E-state index contributed by atoms with van der Waals surface area (Å²) in [5.41, 5.74) is 0.544. The first-order valence-electron chi connectivity index (χ1n) is 7.14. The van der Waals surface area contributed by atoms with Gasteiger partial charge in [0.15, 0.2) is 5.78 Å². The van der Waals surface area contributed by atoms with Crippen LogP contribution in [0.4, 0.5) is 0 Å². The van der Waals surface area contributed by atoms with Crippen LogP contribution >= 0.6 is 0 Å². The number of carbonyl (C=O) groups is 2. The molecule has 1 amide bonds. The van der Waals surface area contributed by atoms with Crippen molar-refractivity contribution in [3.8, 4) is 0 Å². The summed E-state index contributed by atoms with van der Waals surface area (Å²) in [7, 11) is 0. The molecule has 2 aromatic rings. The lowest BCUT2D eigenvalue weighted by Crippen LogP contribution is -2.32. The van der Waals surface area contributed by atoms with E-state index in [9.17, 15) is 14.4 Å². The fourth-order valence-corrected chi connectivity index (χ4v) is 2.67. The van der Waals surface area contributed by atoms with Gasteiger partial charge in [-0.05, 0) is 30.5 Å². The molecule has 0 unspecified atom stereocenters. The molecule has 3 rings (SSSR count). The highest BCUT2D eigenvalue weighted by Crippen LogP contribution is 2.23. The van der Waals surface area contributed by atoms with Gasteiger partial charge in [-0.15, -0.1) is 0 Å². The van der Waals surface area contributed by atoms with Crippen molar-refractivity contribution in [1.82, 2.24) is 10.3 Å². The van der Waals surface area contributed by atoms with Gasteiger partial charge in [0.25, 0.3) is 11.5 Å². The second kappa shape index (κ2) is 5.63. The lowest BCUT2D eigenvalue weighted by atomic mass is 9.86. The number of hydrogen-bond donors (Lipinski definition) is 2. The molecule has 22 heavy (non-hydrogen) atoms. The first-order valence-corrected chi connectivity index (χ1v) is 7.14. The Morgan fingerprint density at radius 3 is 2.95 bits per heavy atom. The molecular weight excluding hydrogens is 284 g/mol. The lowest BCUT2D eigenvalue weighted by molar-refractivity contribution is 0.0946. The summed E-state index contributed by atoms with van der Waals surface area (Å²) in [6, 6.07) is 4.84. The van der Waals surface area contributed by atoms with E-state index in [1.165, 1.54) is 12.3 Å². The molecule has 6 nitrogen and oxygen atoms in total. The van der Waals surface area contributed by atoms with Gasteiger partial charge in [-0.25, -0.2) is 0 Å². The molecule has 0 aliphatic heterocycles. The van der Waals surface area contributed by atoms with Crippen molar-refractivity contribution in [2.45, 2.75) is 26.3 Å². The number of aromatic nitrogens is 1. The molecule has 6 heteroatoms. The number of hydrogen-bond acceptors (Lipinski definition) is 4. The van der Waals surface area contributed by atoms with Gasteiger partial charge < -0.3 is 14.7 Å². The summed E-state index contributed by atoms with van der Waals surface area (Å²) < 4.78 is 5.11. The van der Waals surface area contributed by atoms with Crippen molar-refractivity contribution in [2.24, 2.45) is 5.92 Å². The largest absolute Gasteiger partial charge is 0.467 e. The number of amides is 1. The van der Waals surface area contributed by atoms with Gasteiger partial charge in [-0.3, -0.25) is 14.4 Å². The first kappa shape index (κ1) is 14.3. The van der Waals surface area contributed by atoms with E-state index in [0.29, 0.717) is 29.9 Å². The summed E-state index contributed by atoms with van der Waals surface area (Å²) in [5.74, 6) is 0.235. The van der Waals surface area contributed by atoms with E-state index in [4.69, 9.17) is 4.42 Å². The smallest absolute Gasteiger partial charge is 0.261 e. The Bertz CT molecular complexity index is 774. The van der Waals surface area contributed by atoms with Crippen LogP contribution in [-0.2, 0) is 13.0 Å². The third kappa shape index (κ3) is 2.72. The number of nitrogens with one attached hydrogen (secondary N) is 2. The highest BCUT2D eigenvalue weighted by Gasteiger charge is 2.25. The third-order valence-corrected chi connectivity index (χ3v) is 3.76. The van der Waals surface area contributed by atoms with E-state index in [2.05, 4.69) is 10.3 Å². The van der Waals surface area contributed by atoms with Gasteiger partial charge in [-0.1, -0.05) is 6.92 Å². The van der Waals surface area contributed by atoms with Gasteiger partial charge in [0.2, 0.25) is 0 Å². The van der Waals surface area contributed by atoms with E-state index in [1.807, 2.05) is 6.92 Å². The van der Waals surface area contributed by atoms with Gasteiger partial charge in [0.05, 0.1) is 12.8 Å². The Labute approximate surface area is 126 Å². The van der Waals surface area contributed by atoms with Gasteiger partial charge in [0, 0.05) is 17.7 Å². The second-order valence-corrected chi connectivity index (χ2v) is 5.60. The minimum atomic E-state index is -0.521. The minimum absolute atomic E-state index is 0.0370. The molecule has 0 radical (unpaired) electrons. The molecule has 0 saturated carbocycles. The highest BCUT2D eigenvalue weighted by atomic mass is 16.3. The molecule has 0 spiro atoms. The van der Waals surface area contributed by atoms with E-state index in [0.717, 1.165) is 0 Å². The number of H-pyrrole nitrogens is 1. The summed E-state index contributed by atoms with van der Waals surface area (Å²) in [5, 5.41) is 2.61. The van der Waals surface area contributed by atoms with Crippen molar-refractivity contribution in [2.75, 3.05) is 0 Å². The van der Waals surface area contributed by atoms with Crippen LogP contribution < -0.4 is 10.9 Å². The maximum absolute atomic E-state index is 12.1. The maximum Gasteiger partial charge on any atom is 0.261 e. The molecule has 2 aromatic heterocycles. The molecule has 1 aliphatic rings. The van der Waals surface area contributed by atoms with Crippen LogP contribution in [0.2, 0.25) is 0 Å². The fourth-order valence-electron chi connectivity index (χ4n) is 2.67.